The standard InChI is InChI=1S/C16H19N5O2/c1-3-20-7-8-21-11-13(18-14(21)16(20)23)15(22)19(2)10-12-5-4-6-17-9-12/h4-6,9,11H,3,7-8,10H2,1-2H3. The number of carbonyl (C=O) groups excluding carboxylic acids is 2. The van der Waals surface area contributed by atoms with E-state index >= 15 is 0 Å². The van der Waals surface area contributed by atoms with E-state index in [0.29, 0.717) is 37.7 Å². The summed E-state index contributed by atoms with van der Waals surface area (Å²) < 4.78 is 1.76. The molecule has 7 heteroatoms. The number of hydrogen-bond acceptors (Lipinski definition) is 4. The number of fused-ring (bicyclic) bond motifs is 1. The zero-order valence-electron chi connectivity index (χ0n) is 13.3. The fourth-order valence-corrected chi connectivity index (χ4v) is 2.67. The van der Waals surface area contributed by atoms with Crippen LogP contribution in [0.3, 0.4) is 0 Å². The van der Waals surface area contributed by atoms with Crippen molar-refractivity contribution >= 4 is 11.8 Å². The summed E-state index contributed by atoms with van der Waals surface area (Å²) in [5.41, 5.74) is 1.25. The lowest BCUT2D eigenvalue weighted by atomic mass is 10.2. The summed E-state index contributed by atoms with van der Waals surface area (Å²) in [5.74, 6) is 0.0236. The predicted octanol–water partition coefficient (Wildman–Crippen LogP) is 1.03. The molecule has 0 radical (unpaired) electrons. The van der Waals surface area contributed by atoms with E-state index in [2.05, 4.69) is 9.97 Å². The van der Waals surface area contributed by atoms with Gasteiger partial charge in [-0.2, -0.15) is 0 Å². The van der Waals surface area contributed by atoms with Crippen LogP contribution in [0.2, 0.25) is 0 Å². The quantitative estimate of drug-likeness (QED) is 0.845. The molecule has 0 aromatic carbocycles. The molecule has 0 N–H and O–H groups in total. The molecule has 0 fully saturated rings. The molecule has 0 bridgehead atoms. The molecule has 0 aliphatic carbocycles. The maximum Gasteiger partial charge on any atom is 0.289 e. The van der Waals surface area contributed by atoms with E-state index in [1.54, 1.807) is 40.0 Å². The van der Waals surface area contributed by atoms with Crippen LogP contribution in [-0.2, 0) is 13.1 Å². The van der Waals surface area contributed by atoms with Crippen LogP contribution in [0.5, 0.6) is 0 Å². The van der Waals surface area contributed by atoms with Crippen molar-refractivity contribution in [3.05, 3.63) is 47.8 Å². The summed E-state index contributed by atoms with van der Waals surface area (Å²) in [6.45, 7) is 4.35. The van der Waals surface area contributed by atoms with Crippen LogP contribution in [0.1, 0.15) is 33.6 Å². The Hall–Kier alpha value is -2.70. The highest BCUT2D eigenvalue weighted by molar-refractivity contribution is 5.96. The molecule has 120 valence electrons. The first kappa shape index (κ1) is 15.2. The normalized spacial score (nSPS) is 13.8. The number of imidazole rings is 1. The van der Waals surface area contributed by atoms with Crippen molar-refractivity contribution in [3.8, 4) is 0 Å². The minimum atomic E-state index is -0.202. The molecule has 0 spiro atoms. The topological polar surface area (TPSA) is 71.3 Å². The molecule has 0 saturated carbocycles. The van der Waals surface area contributed by atoms with E-state index in [4.69, 9.17) is 0 Å². The molecule has 7 nitrogen and oxygen atoms in total. The van der Waals surface area contributed by atoms with Crippen molar-refractivity contribution < 1.29 is 9.59 Å². The predicted molar refractivity (Wildman–Crippen MR) is 83.8 cm³/mol. The third kappa shape index (κ3) is 2.94. The third-order valence-electron chi connectivity index (χ3n) is 3.96. The number of rotatable bonds is 4. The van der Waals surface area contributed by atoms with Crippen LogP contribution in [0.25, 0.3) is 0 Å². The lowest BCUT2D eigenvalue weighted by Crippen LogP contribution is -2.40. The Morgan fingerprint density at radius 3 is 2.91 bits per heavy atom. The van der Waals surface area contributed by atoms with Gasteiger partial charge in [0.1, 0.15) is 5.69 Å². The summed E-state index contributed by atoms with van der Waals surface area (Å²) in [7, 11) is 1.72. The number of nitrogens with zero attached hydrogens (tertiary/aromatic N) is 5. The number of aromatic nitrogens is 3. The summed E-state index contributed by atoms with van der Waals surface area (Å²) in [4.78, 5) is 36.4. The Kier molecular flexibility index (Phi) is 4.10. The molecule has 0 atom stereocenters. The summed E-state index contributed by atoms with van der Waals surface area (Å²) in [6, 6.07) is 3.75. The summed E-state index contributed by atoms with van der Waals surface area (Å²) in [6.07, 6.45) is 5.09. The minimum Gasteiger partial charge on any atom is -0.336 e. The van der Waals surface area contributed by atoms with E-state index in [-0.39, 0.29) is 11.8 Å². The maximum absolute atomic E-state index is 12.5. The van der Waals surface area contributed by atoms with Gasteiger partial charge < -0.3 is 14.4 Å². The summed E-state index contributed by atoms with van der Waals surface area (Å²) in [5, 5.41) is 0. The molecule has 2 amide bonds. The Labute approximate surface area is 134 Å². The molecule has 2 aromatic rings. The van der Waals surface area contributed by atoms with Gasteiger partial charge in [-0.25, -0.2) is 4.98 Å². The van der Waals surface area contributed by atoms with Crippen LogP contribution < -0.4 is 0 Å². The minimum absolute atomic E-state index is 0.118. The Balaban J connectivity index is 1.77. The Bertz CT molecular complexity index is 725. The van der Waals surface area contributed by atoms with Gasteiger partial charge in [0.15, 0.2) is 5.82 Å². The van der Waals surface area contributed by atoms with Crippen LogP contribution in [-0.4, -0.2) is 56.3 Å². The van der Waals surface area contributed by atoms with Gasteiger partial charge in [0.2, 0.25) is 0 Å². The van der Waals surface area contributed by atoms with Gasteiger partial charge in [-0.05, 0) is 18.6 Å². The monoisotopic (exact) mass is 313 g/mol. The molecule has 1 aliphatic rings. The Morgan fingerprint density at radius 1 is 1.39 bits per heavy atom. The second kappa shape index (κ2) is 6.20. The fourth-order valence-electron chi connectivity index (χ4n) is 2.67. The zero-order chi connectivity index (χ0) is 16.4. The van der Waals surface area contributed by atoms with Crippen LogP contribution in [0, 0.1) is 0 Å². The van der Waals surface area contributed by atoms with Crippen molar-refractivity contribution in [1.29, 1.82) is 0 Å². The number of amides is 2. The Morgan fingerprint density at radius 2 is 2.22 bits per heavy atom. The van der Waals surface area contributed by atoms with Gasteiger partial charge in [-0.1, -0.05) is 6.07 Å². The fraction of sp³-hybridized carbons (Fsp3) is 0.375. The highest BCUT2D eigenvalue weighted by atomic mass is 16.2. The highest BCUT2D eigenvalue weighted by Gasteiger charge is 2.28. The van der Waals surface area contributed by atoms with E-state index < -0.39 is 0 Å². The van der Waals surface area contributed by atoms with Crippen LogP contribution in [0.4, 0.5) is 0 Å². The highest BCUT2D eigenvalue weighted by Crippen LogP contribution is 2.14. The van der Waals surface area contributed by atoms with Gasteiger partial charge in [-0.15, -0.1) is 0 Å². The SMILES string of the molecule is CCN1CCn2cc(C(=O)N(C)Cc3cccnc3)nc2C1=O. The summed E-state index contributed by atoms with van der Waals surface area (Å²) >= 11 is 0. The second-order valence-electron chi connectivity index (χ2n) is 5.55. The van der Waals surface area contributed by atoms with E-state index in [0.717, 1.165) is 5.56 Å². The van der Waals surface area contributed by atoms with Gasteiger partial charge in [-0.3, -0.25) is 14.6 Å². The molecule has 1 aliphatic heterocycles. The van der Waals surface area contributed by atoms with Gasteiger partial charge in [0.25, 0.3) is 11.8 Å². The zero-order valence-corrected chi connectivity index (χ0v) is 13.3. The van der Waals surface area contributed by atoms with Gasteiger partial charge >= 0.3 is 0 Å². The maximum atomic E-state index is 12.5. The van der Waals surface area contributed by atoms with Crippen molar-refractivity contribution in [2.24, 2.45) is 0 Å². The molecule has 0 unspecified atom stereocenters. The van der Waals surface area contributed by atoms with Gasteiger partial charge in [0.05, 0.1) is 0 Å². The van der Waals surface area contributed by atoms with Crippen LogP contribution >= 0.6 is 0 Å². The molecule has 3 rings (SSSR count). The molecule has 2 aromatic heterocycles. The molecular weight excluding hydrogens is 294 g/mol. The third-order valence-corrected chi connectivity index (χ3v) is 3.96. The van der Waals surface area contributed by atoms with Crippen LogP contribution in [0.15, 0.2) is 30.7 Å². The second-order valence-corrected chi connectivity index (χ2v) is 5.55. The molecule has 3 heterocycles. The van der Waals surface area contributed by atoms with Gasteiger partial charge in [0, 0.05) is 51.8 Å². The van der Waals surface area contributed by atoms with E-state index in [1.807, 2.05) is 19.1 Å². The number of likely N-dealkylation sites (N-methyl/N-ethyl adjacent to an activating group) is 1. The van der Waals surface area contributed by atoms with E-state index in [9.17, 15) is 9.59 Å². The first-order chi connectivity index (χ1) is 11.1. The first-order valence-corrected chi connectivity index (χ1v) is 7.61. The number of hydrogen-bond donors (Lipinski definition) is 0. The lowest BCUT2D eigenvalue weighted by molar-refractivity contribution is 0.0707. The lowest BCUT2D eigenvalue weighted by Gasteiger charge is -2.25. The molecule has 0 saturated heterocycles. The number of pyridine rings is 1. The average molecular weight is 313 g/mol. The van der Waals surface area contributed by atoms with Crippen molar-refractivity contribution in [2.45, 2.75) is 20.0 Å². The van der Waals surface area contributed by atoms with E-state index in [1.165, 1.54) is 0 Å². The van der Waals surface area contributed by atoms with Crippen molar-refractivity contribution in [2.75, 3.05) is 20.1 Å². The first-order valence-electron chi connectivity index (χ1n) is 7.61. The smallest absolute Gasteiger partial charge is 0.289 e. The molecular formula is C16H19N5O2. The molecule has 23 heavy (non-hydrogen) atoms. The average Bonchev–Trinajstić information content (AvgIpc) is 3.00. The number of carbonyl (C=O) groups is 2. The van der Waals surface area contributed by atoms with Crippen molar-refractivity contribution in [1.82, 2.24) is 24.3 Å². The largest absolute Gasteiger partial charge is 0.336 e. The van der Waals surface area contributed by atoms with Crippen molar-refractivity contribution in [3.63, 3.8) is 0 Å².